The smallest absolute Gasteiger partial charge is 0.129 e. The quantitative estimate of drug-likeness (QED) is 0.757. The number of pyridine rings is 1. The lowest BCUT2D eigenvalue weighted by Crippen LogP contribution is -2.12. The highest BCUT2D eigenvalue weighted by molar-refractivity contribution is 7.15. The lowest BCUT2D eigenvalue weighted by Gasteiger charge is -2.10. The zero-order valence-corrected chi connectivity index (χ0v) is 12.9. The minimum absolute atomic E-state index is 0.401. The van der Waals surface area contributed by atoms with Gasteiger partial charge < -0.3 is 10.4 Å². The molecule has 5 nitrogen and oxygen atoms in total. The number of hydrogen-bond donors (Lipinski definition) is 2. The summed E-state index contributed by atoms with van der Waals surface area (Å²) in [5, 5.41) is 13.4. The summed E-state index contributed by atoms with van der Waals surface area (Å²) in [6, 6.07) is 11.6. The van der Waals surface area contributed by atoms with Crippen molar-refractivity contribution in [3.05, 3.63) is 59.5 Å². The number of aliphatic hydroxyl groups is 1. The van der Waals surface area contributed by atoms with Crippen LogP contribution in [0.2, 0.25) is 0 Å². The van der Waals surface area contributed by atoms with E-state index in [-0.39, 0.29) is 0 Å². The van der Waals surface area contributed by atoms with E-state index in [0.29, 0.717) is 12.4 Å². The van der Waals surface area contributed by atoms with Crippen LogP contribution >= 0.6 is 11.3 Å². The standard InChI is InChI=1S/C16H16N4OS/c1-11-8-16(20-10-19-11)18-9-13(21)15-6-5-14(22-15)12-4-2-3-7-17-12/h2-8,10,13,21H,9H2,1H3,(H,18,19,20). The Balaban J connectivity index is 1.66. The lowest BCUT2D eigenvalue weighted by molar-refractivity contribution is 0.195. The number of aryl methyl sites for hydroxylation is 1. The molecule has 0 aliphatic heterocycles. The summed E-state index contributed by atoms with van der Waals surface area (Å²) in [6.45, 7) is 2.31. The second kappa shape index (κ2) is 6.64. The first kappa shape index (κ1) is 14.6. The molecule has 1 unspecified atom stereocenters. The van der Waals surface area contributed by atoms with Crippen LogP contribution in [-0.4, -0.2) is 26.6 Å². The van der Waals surface area contributed by atoms with Crippen LogP contribution in [0.4, 0.5) is 5.82 Å². The second-order valence-electron chi connectivity index (χ2n) is 4.86. The van der Waals surface area contributed by atoms with Gasteiger partial charge >= 0.3 is 0 Å². The summed E-state index contributed by atoms with van der Waals surface area (Å²) in [7, 11) is 0. The fraction of sp³-hybridized carbons (Fsp3) is 0.188. The van der Waals surface area contributed by atoms with E-state index in [0.717, 1.165) is 21.1 Å². The second-order valence-corrected chi connectivity index (χ2v) is 5.97. The molecule has 3 aromatic rings. The molecule has 3 rings (SSSR count). The van der Waals surface area contributed by atoms with Crippen molar-refractivity contribution in [1.82, 2.24) is 15.0 Å². The van der Waals surface area contributed by atoms with Crippen LogP contribution in [0, 0.1) is 6.92 Å². The molecule has 2 N–H and O–H groups in total. The highest BCUT2D eigenvalue weighted by atomic mass is 32.1. The maximum Gasteiger partial charge on any atom is 0.129 e. The van der Waals surface area contributed by atoms with Crippen molar-refractivity contribution in [2.75, 3.05) is 11.9 Å². The van der Waals surface area contributed by atoms with Crippen LogP contribution in [-0.2, 0) is 0 Å². The Bertz CT molecular complexity index is 745. The lowest BCUT2D eigenvalue weighted by atomic mass is 10.2. The molecule has 112 valence electrons. The van der Waals surface area contributed by atoms with Gasteiger partial charge in [-0.05, 0) is 31.2 Å². The molecule has 0 aliphatic carbocycles. The van der Waals surface area contributed by atoms with Gasteiger partial charge in [-0.3, -0.25) is 4.98 Å². The average Bonchev–Trinajstić information content (AvgIpc) is 3.04. The summed E-state index contributed by atoms with van der Waals surface area (Å²) in [5.41, 5.74) is 1.81. The number of aromatic nitrogens is 3. The highest BCUT2D eigenvalue weighted by Gasteiger charge is 2.12. The Kier molecular flexibility index (Phi) is 4.41. The number of nitrogens with zero attached hydrogens (tertiary/aromatic N) is 3. The summed E-state index contributed by atoms with van der Waals surface area (Å²) >= 11 is 1.55. The summed E-state index contributed by atoms with van der Waals surface area (Å²) < 4.78 is 0. The molecule has 1 atom stereocenters. The molecule has 0 spiro atoms. The SMILES string of the molecule is Cc1cc(NCC(O)c2ccc(-c3ccccn3)s2)ncn1. The van der Waals surface area contributed by atoms with E-state index in [1.807, 2.05) is 43.3 Å². The van der Waals surface area contributed by atoms with Crippen molar-refractivity contribution < 1.29 is 5.11 Å². The highest BCUT2D eigenvalue weighted by Crippen LogP contribution is 2.30. The number of anilines is 1. The molecule has 0 saturated heterocycles. The van der Waals surface area contributed by atoms with Crippen LogP contribution < -0.4 is 5.32 Å². The van der Waals surface area contributed by atoms with Gasteiger partial charge in [0.2, 0.25) is 0 Å². The Morgan fingerprint density at radius 1 is 1.18 bits per heavy atom. The van der Waals surface area contributed by atoms with Gasteiger partial charge in [0.15, 0.2) is 0 Å². The Morgan fingerprint density at radius 3 is 2.86 bits per heavy atom. The van der Waals surface area contributed by atoms with Crippen molar-refractivity contribution in [2.24, 2.45) is 0 Å². The molecule has 0 radical (unpaired) electrons. The Labute approximate surface area is 132 Å². The summed E-state index contributed by atoms with van der Waals surface area (Å²) in [4.78, 5) is 14.4. The van der Waals surface area contributed by atoms with Crippen LogP contribution in [0.1, 0.15) is 16.7 Å². The maximum absolute atomic E-state index is 10.3. The van der Waals surface area contributed by atoms with Crippen LogP contribution in [0.25, 0.3) is 10.6 Å². The van der Waals surface area contributed by atoms with Gasteiger partial charge in [-0.1, -0.05) is 6.07 Å². The predicted molar refractivity (Wildman–Crippen MR) is 87.8 cm³/mol. The number of nitrogens with one attached hydrogen (secondary N) is 1. The minimum atomic E-state index is -0.585. The van der Waals surface area contributed by atoms with E-state index in [1.165, 1.54) is 6.33 Å². The van der Waals surface area contributed by atoms with Gasteiger partial charge in [0.25, 0.3) is 0 Å². The van der Waals surface area contributed by atoms with Crippen LogP contribution in [0.5, 0.6) is 0 Å². The van der Waals surface area contributed by atoms with Gasteiger partial charge in [0.05, 0.1) is 10.6 Å². The van der Waals surface area contributed by atoms with Gasteiger partial charge in [0.1, 0.15) is 18.2 Å². The van der Waals surface area contributed by atoms with Crippen LogP contribution in [0.15, 0.2) is 48.9 Å². The zero-order valence-electron chi connectivity index (χ0n) is 12.1. The molecule has 0 fully saturated rings. The largest absolute Gasteiger partial charge is 0.386 e. The van der Waals surface area contributed by atoms with Crippen molar-refractivity contribution in [3.63, 3.8) is 0 Å². The molecule has 0 bridgehead atoms. The van der Waals surface area contributed by atoms with Crippen molar-refractivity contribution >= 4 is 17.2 Å². The van der Waals surface area contributed by atoms with E-state index >= 15 is 0 Å². The normalized spacial score (nSPS) is 12.1. The monoisotopic (exact) mass is 312 g/mol. The van der Waals surface area contributed by atoms with E-state index < -0.39 is 6.10 Å². The molecular weight excluding hydrogens is 296 g/mol. The summed E-state index contributed by atoms with van der Waals surface area (Å²) in [5.74, 6) is 0.716. The van der Waals surface area contributed by atoms with Crippen molar-refractivity contribution in [3.8, 4) is 10.6 Å². The van der Waals surface area contributed by atoms with Gasteiger partial charge in [0, 0.05) is 29.4 Å². The molecule has 3 heterocycles. The first-order valence-electron chi connectivity index (χ1n) is 6.94. The topological polar surface area (TPSA) is 70.9 Å². The fourth-order valence-corrected chi connectivity index (χ4v) is 3.00. The molecule has 6 heteroatoms. The number of hydrogen-bond acceptors (Lipinski definition) is 6. The number of rotatable bonds is 5. The van der Waals surface area contributed by atoms with Crippen molar-refractivity contribution in [2.45, 2.75) is 13.0 Å². The van der Waals surface area contributed by atoms with Gasteiger partial charge in [-0.2, -0.15) is 0 Å². The zero-order chi connectivity index (χ0) is 15.4. The minimum Gasteiger partial charge on any atom is -0.386 e. The van der Waals surface area contributed by atoms with E-state index in [1.54, 1.807) is 17.5 Å². The van der Waals surface area contributed by atoms with E-state index in [4.69, 9.17) is 0 Å². The molecule has 22 heavy (non-hydrogen) atoms. The predicted octanol–water partition coefficient (Wildman–Crippen LogP) is 3.05. The van der Waals surface area contributed by atoms with Gasteiger partial charge in [-0.25, -0.2) is 9.97 Å². The molecule has 0 aromatic carbocycles. The van der Waals surface area contributed by atoms with Gasteiger partial charge in [-0.15, -0.1) is 11.3 Å². The number of thiophene rings is 1. The third-order valence-corrected chi connectivity index (χ3v) is 4.36. The van der Waals surface area contributed by atoms with Crippen molar-refractivity contribution in [1.29, 1.82) is 0 Å². The number of aliphatic hydroxyl groups excluding tert-OH is 1. The average molecular weight is 312 g/mol. The molecular formula is C16H16N4OS. The van der Waals surface area contributed by atoms with E-state index in [9.17, 15) is 5.11 Å². The Morgan fingerprint density at radius 2 is 2.09 bits per heavy atom. The third kappa shape index (κ3) is 3.47. The van der Waals surface area contributed by atoms with Crippen LogP contribution in [0.3, 0.4) is 0 Å². The molecule has 3 aromatic heterocycles. The van der Waals surface area contributed by atoms with E-state index in [2.05, 4.69) is 20.3 Å². The first-order valence-corrected chi connectivity index (χ1v) is 7.76. The fourth-order valence-electron chi connectivity index (χ4n) is 2.03. The maximum atomic E-state index is 10.3. The molecule has 0 saturated carbocycles. The molecule has 0 amide bonds. The Hall–Kier alpha value is -2.31. The summed E-state index contributed by atoms with van der Waals surface area (Å²) in [6.07, 6.45) is 2.69. The molecule has 0 aliphatic rings. The third-order valence-electron chi connectivity index (χ3n) is 3.15. The first-order chi connectivity index (χ1) is 10.7.